The van der Waals surface area contributed by atoms with E-state index in [2.05, 4.69) is 13.8 Å². The van der Waals surface area contributed by atoms with Gasteiger partial charge in [-0.05, 0) is 31.1 Å². The van der Waals surface area contributed by atoms with Gasteiger partial charge in [-0.15, -0.1) is 0 Å². The number of hydrogen-bond donors (Lipinski definition) is 1. The molecule has 0 bridgehead atoms. The van der Waals surface area contributed by atoms with Crippen LogP contribution in [0, 0.1) is 11.8 Å². The zero-order valence-electron chi connectivity index (χ0n) is 11.1. The summed E-state index contributed by atoms with van der Waals surface area (Å²) >= 11 is 0. The van der Waals surface area contributed by atoms with Crippen molar-refractivity contribution in [1.29, 1.82) is 0 Å². The molecule has 0 spiro atoms. The third kappa shape index (κ3) is 5.01. The van der Waals surface area contributed by atoms with E-state index in [4.69, 9.17) is 0 Å². The molecule has 1 fully saturated rings. The SMILES string of the molecule is CC.CCCCC1CCCC(CC)C1O. The molecule has 0 amide bonds. The van der Waals surface area contributed by atoms with Crippen LogP contribution in [0.3, 0.4) is 0 Å². The Morgan fingerprint density at radius 1 is 1.07 bits per heavy atom. The third-order valence-corrected chi connectivity index (χ3v) is 3.57. The highest BCUT2D eigenvalue weighted by atomic mass is 16.3. The first-order valence-electron chi connectivity index (χ1n) is 6.97. The Bertz CT molecular complexity index is 133. The minimum absolute atomic E-state index is 0.00491. The molecule has 15 heavy (non-hydrogen) atoms. The Hall–Kier alpha value is -0.0400. The van der Waals surface area contributed by atoms with Gasteiger partial charge in [0.15, 0.2) is 0 Å². The Morgan fingerprint density at radius 2 is 1.67 bits per heavy atom. The smallest absolute Gasteiger partial charge is 0.0596 e. The third-order valence-electron chi connectivity index (χ3n) is 3.57. The molecule has 1 rings (SSSR count). The number of aliphatic hydroxyl groups excluding tert-OH is 1. The molecule has 0 aromatic carbocycles. The van der Waals surface area contributed by atoms with E-state index >= 15 is 0 Å². The number of hydrogen-bond acceptors (Lipinski definition) is 1. The van der Waals surface area contributed by atoms with E-state index in [1.54, 1.807) is 0 Å². The molecule has 1 N–H and O–H groups in total. The van der Waals surface area contributed by atoms with Crippen LogP contribution in [0.4, 0.5) is 0 Å². The van der Waals surface area contributed by atoms with Crippen LogP contribution in [-0.2, 0) is 0 Å². The molecule has 0 saturated heterocycles. The van der Waals surface area contributed by atoms with Gasteiger partial charge < -0.3 is 5.11 Å². The standard InChI is InChI=1S/C12H24O.C2H6/c1-3-5-7-11-9-6-8-10(4-2)12(11)13;1-2/h10-13H,3-9H2,1-2H3;1-2H3. The van der Waals surface area contributed by atoms with Crippen LogP contribution in [0.15, 0.2) is 0 Å². The van der Waals surface area contributed by atoms with Crippen LogP contribution >= 0.6 is 0 Å². The van der Waals surface area contributed by atoms with Crippen LogP contribution in [-0.4, -0.2) is 11.2 Å². The van der Waals surface area contributed by atoms with Crippen molar-refractivity contribution in [3.63, 3.8) is 0 Å². The van der Waals surface area contributed by atoms with Crippen molar-refractivity contribution < 1.29 is 5.11 Å². The first kappa shape index (κ1) is 15.0. The Balaban J connectivity index is 0.000000921. The van der Waals surface area contributed by atoms with E-state index in [9.17, 15) is 5.11 Å². The van der Waals surface area contributed by atoms with Crippen molar-refractivity contribution in [2.24, 2.45) is 11.8 Å². The fourth-order valence-electron chi connectivity index (χ4n) is 2.60. The van der Waals surface area contributed by atoms with Gasteiger partial charge in [0.2, 0.25) is 0 Å². The van der Waals surface area contributed by atoms with Crippen molar-refractivity contribution in [3.05, 3.63) is 0 Å². The van der Waals surface area contributed by atoms with Gasteiger partial charge in [-0.2, -0.15) is 0 Å². The van der Waals surface area contributed by atoms with Gasteiger partial charge in [0, 0.05) is 0 Å². The van der Waals surface area contributed by atoms with Gasteiger partial charge in [-0.3, -0.25) is 0 Å². The molecule has 92 valence electrons. The fourth-order valence-corrected chi connectivity index (χ4v) is 2.60. The van der Waals surface area contributed by atoms with E-state index in [0.29, 0.717) is 11.8 Å². The predicted octanol–water partition coefficient (Wildman–Crippen LogP) is 4.39. The van der Waals surface area contributed by atoms with Gasteiger partial charge in [0.05, 0.1) is 6.10 Å². The summed E-state index contributed by atoms with van der Waals surface area (Å²) in [5, 5.41) is 10.1. The summed E-state index contributed by atoms with van der Waals surface area (Å²) in [6, 6.07) is 0. The number of aliphatic hydroxyl groups is 1. The summed E-state index contributed by atoms with van der Waals surface area (Å²) in [4.78, 5) is 0. The van der Waals surface area contributed by atoms with Crippen LogP contribution in [0.2, 0.25) is 0 Å². The highest BCUT2D eigenvalue weighted by Gasteiger charge is 2.29. The van der Waals surface area contributed by atoms with Gasteiger partial charge >= 0.3 is 0 Å². The maximum Gasteiger partial charge on any atom is 0.0596 e. The summed E-state index contributed by atoms with van der Waals surface area (Å²) < 4.78 is 0. The van der Waals surface area contributed by atoms with Crippen LogP contribution < -0.4 is 0 Å². The summed E-state index contributed by atoms with van der Waals surface area (Å²) in [6.45, 7) is 8.43. The molecule has 1 saturated carbocycles. The molecular weight excluding hydrogens is 184 g/mol. The molecule has 0 aromatic heterocycles. The van der Waals surface area contributed by atoms with Gasteiger partial charge in [0.25, 0.3) is 0 Å². The van der Waals surface area contributed by atoms with Gasteiger partial charge in [-0.25, -0.2) is 0 Å². The maximum absolute atomic E-state index is 10.1. The summed E-state index contributed by atoms with van der Waals surface area (Å²) in [7, 11) is 0. The van der Waals surface area contributed by atoms with Crippen molar-refractivity contribution in [3.8, 4) is 0 Å². The molecule has 0 aliphatic heterocycles. The van der Waals surface area contributed by atoms with Crippen LogP contribution in [0.25, 0.3) is 0 Å². The van der Waals surface area contributed by atoms with Crippen molar-refractivity contribution >= 4 is 0 Å². The molecule has 1 aliphatic rings. The number of unbranched alkanes of at least 4 members (excludes halogenated alkanes) is 1. The fraction of sp³-hybridized carbons (Fsp3) is 1.00. The van der Waals surface area contributed by atoms with E-state index in [1.807, 2.05) is 13.8 Å². The molecular formula is C14H30O. The van der Waals surface area contributed by atoms with Gasteiger partial charge in [-0.1, -0.05) is 53.4 Å². The van der Waals surface area contributed by atoms with Crippen molar-refractivity contribution in [2.75, 3.05) is 0 Å². The topological polar surface area (TPSA) is 20.2 Å². The molecule has 0 heterocycles. The van der Waals surface area contributed by atoms with E-state index in [-0.39, 0.29) is 6.10 Å². The Labute approximate surface area is 96.3 Å². The molecule has 3 unspecified atom stereocenters. The molecule has 1 nitrogen and oxygen atoms in total. The minimum atomic E-state index is 0.00491. The second-order valence-corrected chi connectivity index (χ2v) is 4.49. The quantitative estimate of drug-likeness (QED) is 0.736. The Morgan fingerprint density at radius 3 is 2.20 bits per heavy atom. The summed E-state index contributed by atoms with van der Waals surface area (Å²) in [5.41, 5.74) is 0. The summed E-state index contributed by atoms with van der Waals surface area (Å²) in [5.74, 6) is 1.20. The first-order valence-corrected chi connectivity index (χ1v) is 6.97. The zero-order chi connectivity index (χ0) is 11.7. The average molecular weight is 214 g/mol. The van der Waals surface area contributed by atoms with E-state index < -0.39 is 0 Å². The second kappa shape index (κ2) is 9.21. The first-order chi connectivity index (χ1) is 7.29. The highest BCUT2D eigenvalue weighted by molar-refractivity contribution is 4.80. The minimum Gasteiger partial charge on any atom is -0.393 e. The molecule has 1 heteroatoms. The second-order valence-electron chi connectivity index (χ2n) is 4.49. The summed E-state index contributed by atoms with van der Waals surface area (Å²) in [6.07, 6.45) is 8.81. The van der Waals surface area contributed by atoms with E-state index in [1.165, 1.54) is 38.5 Å². The monoisotopic (exact) mass is 214 g/mol. The number of rotatable bonds is 4. The normalized spacial score (nSPS) is 30.6. The molecule has 3 atom stereocenters. The molecule has 1 aliphatic carbocycles. The molecule has 0 radical (unpaired) electrons. The molecule has 0 aromatic rings. The lowest BCUT2D eigenvalue weighted by molar-refractivity contribution is 0.0115. The Kier molecular flexibility index (Phi) is 9.18. The highest BCUT2D eigenvalue weighted by Crippen LogP contribution is 2.34. The van der Waals surface area contributed by atoms with Crippen molar-refractivity contribution in [1.82, 2.24) is 0 Å². The van der Waals surface area contributed by atoms with Gasteiger partial charge in [0.1, 0.15) is 0 Å². The van der Waals surface area contributed by atoms with Crippen molar-refractivity contribution in [2.45, 2.75) is 78.7 Å². The maximum atomic E-state index is 10.1. The van der Waals surface area contributed by atoms with Crippen LogP contribution in [0.1, 0.15) is 72.6 Å². The lowest BCUT2D eigenvalue weighted by Crippen LogP contribution is -2.32. The predicted molar refractivity (Wildman–Crippen MR) is 68.0 cm³/mol. The van der Waals surface area contributed by atoms with E-state index in [0.717, 1.165) is 6.42 Å². The zero-order valence-corrected chi connectivity index (χ0v) is 11.1. The lowest BCUT2D eigenvalue weighted by atomic mass is 9.75. The van der Waals surface area contributed by atoms with Crippen LogP contribution in [0.5, 0.6) is 0 Å². The largest absolute Gasteiger partial charge is 0.393 e. The lowest BCUT2D eigenvalue weighted by Gasteiger charge is -2.34. The average Bonchev–Trinajstić information content (AvgIpc) is 2.30.